The van der Waals surface area contributed by atoms with Gasteiger partial charge in [-0.3, -0.25) is 4.79 Å². The third-order valence-electron chi connectivity index (χ3n) is 5.53. The van der Waals surface area contributed by atoms with Gasteiger partial charge in [-0.15, -0.1) is 0 Å². The molecule has 2 aliphatic heterocycles. The summed E-state index contributed by atoms with van der Waals surface area (Å²) < 4.78 is 33.2. The number of carbonyl (C=O) groups is 1. The molecule has 0 atom stereocenters. The van der Waals surface area contributed by atoms with Gasteiger partial charge >= 0.3 is 0 Å². The molecule has 0 bridgehead atoms. The topological polar surface area (TPSA) is 98.5 Å². The average molecular weight is 414 g/mol. The summed E-state index contributed by atoms with van der Waals surface area (Å²) in [6.45, 7) is 0.852. The fourth-order valence-electron chi connectivity index (χ4n) is 3.82. The van der Waals surface area contributed by atoms with Crippen LogP contribution >= 0.6 is 0 Å². The highest BCUT2D eigenvalue weighted by Crippen LogP contribution is 2.35. The molecular formula is C21H20F2N4O3. The predicted octanol–water partition coefficient (Wildman–Crippen LogP) is 2.53. The van der Waals surface area contributed by atoms with E-state index in [1.54, 1.807) is 0 Å². The van der Waals surface area contributed by atoms with Crippen molar-refractivity contribution in [1.82, 2.24) is 4.98 Å². The van der Waals surface area contributed by atoms with Gasteiger partial charge < -0.3 is 20.1 Å². The van der Waals surface area contributed by atoms with Gasteiger partial charge in [0.2, 0.25) is 5.91 Å². The number of nitriles is 1. The lowest BCUT2D eigenvalue weighted by atomic mass is 9.92. The Bertz CT molecular complexity index is 1030. The zero-order chi connectivity index (χ0) is 21.3. The largest absolute Gasteiger partial charge is 0.490 e. The van der Waals surface area contributed by atoms with Crippen molar-refractivity contribution in [1.29, 1.82) is 5.26 Å². The van der Waals surface area contributed by atoms with Crippen LogP contribution in [0.1, 0.15) is 30.4 Å². The van der Waals surface area contributed by atoms with Crippen molar-refractivity contribution in [2.45, 2.75) is 31.3 Å². The van der Waals surface area contributed by atoms with Crippen molar-refractivity contribution in [3.05, 3.63) is 47.2 Å². The number of hydrogen-bond acceptors (Lipinski definition) is 6. The first-order valence-electron chi connectivity index (χ1n) is 9.65. The highest BCUT2D eigenvalue weighted by Gasteiger charge is 2.35. The lowest BCUT2D eigenvalue weighted by Gasteiger charge is -2.38. The Hall–Kier alpha value is -3.25. The molecule has 7 nitrogen and oxygen atoms in total. The molecule has 3 heterocycles. The van der Waals surface area contributed by atoms with Crippen molar-refractivity contribution in [2.75, 3.05) is 29.9 Å². The number of halogens is 2. The minimum Gasteiger partial charge on any atom is -0.490 e. The van der Waals surface area contributed by atoms with Crippen molar-refractivity contribution < 1.29 is 23.4 Å². The monoisotopic (exact) mass is 414 g/mol. The Kier molecular flexibility index (Phi) is 5.26. The van der Waals surface area contributed by atoms with Crippen LogP contribution in [0.2, 0.25) is 0 Å². The Morgan fingerprint density at radius 1 is 1.30 bits per heavy atom. The summed E-state index contributed by atoms with van der Waals surface area (Å²) in [4.78, 5) is 17.4. The van der Waals surface area contributed by atoms with Crippen molar-refractivity contribution in [2.24, 2.45) is 0 Å². The first-order chi connectivity index (χ1) is 14.4. The molecule has 2 aromatic rings. The van der Waals surface area contributed by atoms with Gasteiger partial charge in [0.1, 0.15) is 41.5 Å². The maximum atomic E-state index is 14.0. The van der Waals surface area contributed by atoms with Gasteiger partial charge in [0, 0.05) is 25.1 Å². The number of carbonyl (C=O) groups excluding carboxylic acids is 1. The molecule has 0 radical (unpaired) electrons. The number of aromatic nitrogens is 1. The number of rotatable bonds is 4. The summed E-state index contributed by atoms with van der Waals surface area (Å²) in [5, 5.41) is 22.7. The van der Waals surface area contributed by atoms with Crippen molar-refractivity contribution >= 4 is 17.4 Å². The van der Waals surface area contributed by atoms with Crippen LogP contribution in [0.15, 0.2) is 24.4 Å². The molecule has 30 heavy (non-hydrogen) atoms. The third kappa shape index (κ3) is 3.91. The molecule has 0 unspecified atom stereocenters. The molecule has 1 fully saturated rings. The number of benzene rings is 1. The van der Waals surface area contributed by atoms with Gasteiger partial charge in [0.15, 0.2) is 0 Å². The molecule has 2 N–H and O–H groups in total. The first-order valence-corrected chi connectivity index (χ1v) is 9.65. The number of aliphatic hydroxyl groups is 1. The van der Waals surface area contributed by atoms with E-state index in [0.29, 0.717) is 49.5 Å². The molecule has 1 aromatic heterocycles. The fourth-order valence-corrected chi connectivity index (χ4v) is 3.82. The minimum atomic E-state index is -1.11. The molecule has 0 saturated carbocycles. The van der Waals surface area contributed by atoms with Crippen LogP contribution in [-0.2, 0) is 11.2 Å². The first kappa shape index (κ1) is 20.0. The summed E-state index contributed by atoms with van der Waals surface area (Å²) in [6, 6.07) is 5.83. The lowest BCUT2D eigenvalue weighted by Crippen LogP contribution is -2.48. The Balaban J connectivity index is 1.43. The van der Waals surface area contributed by atoms with Crippen molar-refractivity contribution in [3.8, 4) is 11.8 Å². The van der Waals surface area contributed by atoms with Gasteiger partial charge in [-0.05, 0) is 37.5 Å². The molecule has 4 rings (SSSR count). The number of nitrogens with zero attached hydrogens (tertiary/aromatic N) is 3. The zero-order valence-electron chi connectivity index (χ0n) is 16.1. The van der Waals surface area contributed by atoms with E-state index >= 15 is 0 Å². The Morgan fingerprint density at radius 2 is 2.07 bits per heavy atom. The predicted molar refractivity (Wildman–Crippen MR) is 104 cm³/mol. The summed E-state index contributed by atoms with van der Waals surface area (Å²) in [7, 11) is 0. The molecule has 1 saturated heterocycles. The fraction of sp³-hybridized carbons (Fsp3) is 0.381. The number of piperidine rings is 1. The van der Waals surface area contributed by atoms with E-state index < -0.39 is 17.2 Å². The minimum absolute atomic E-state index is 0.00874. The quantitative estimate of drug-likeness (QED) is 0.798. The average Bonchev–Trinajstić information content (AvgIpc) is 2.74. The van der Waals surface area contributed by atoms with Crippen LogP contribution in [0.5, 0.6) is 5.75 Å². The van der Waals surface area contributed by atoms with Crippen LogP contribution in [0.4, 0.5) is 20.3 Å². The van der Waals surface area contributed by atoms with Crippen LogP contribution < -0.4 is 15.0 Å². The summed E-state index contributed by atoms with van der Waals surface area (Å²) >= 11 is 0. The van der Waals surface area contributed by atoms with Crippen LogP contribution in [-0.4, -0.2) is 41.3 Å². The summed E-state index contributed by atoms with van der Waals surface area (Å²) in [6.07, 6.45) is 2.40. The van der Waals surface area contributed by atoms with Crippen LogP contribution in [0.3, 0.4) is 0 Å². The number of amides is 1. The Labute approximate surface area is 171 Å². The number of hydrogen-bond donors (Lipinski definition) is 2. The molecule has 0 aliphatic carbocycles. The normalized spacial score (nSPS) is 17.7. The smallest absolute Gasteiger partial charge is 0.224 e. The molecular weight excluding hydrogens is 394 g/mol. The number of anilines is 2. The Morgan fingerprint density at radius 3 is 2.80 bits per heavy atom. The molecule has 1 amide bonds. The van der Waals surface area contributed by atoms with E-state index in [0.717, 1.165) is 12.3 Å². The van der Waals surface area contributed by atoms with Gasteiger partial charge in [0.05, 0.1) is 17.4 Å². The number of ether oxygens (including phenoxy) is 1. The number of nitrogens with one attached hydrogen (secondary N) is 1. The van der Waals surface area contributed by atoms with E-state index in [1.165, 1.54) is 12.1 Å². The second-order valence-corrected chi connectivity index (χ2v) is 7.58. The van der Waals surface area contributed by atoms with E-state index in [4.69, 9.17) is 4.74 Å². The van der Waals surface area contributed by atoms with Gasteiger partial charge in [-0.1, -0.05) is 0 Å². The third-order valence-corrected chi connectivity index (χ3v) is 5.53. The van der Waals surface area contributed by atoms with Crippen LogP contribution in [0.25, 0.3) is 0 Å². The summed E-state index contributed by atoms with van der Waals surface area (Å²) in [5.74, 6) is -0.497. The lowest BCUT2D eigenvalue weighted by molar-refractivity contribution is -0.116. The highest BCUT2D eigenvalue weighted by atomic mass is 19.1. The standard InChI is InChI=1S/C21H20F2N4O3/c22-14-9-13(10-24)20(25-11-14)27-7-5-21(29,6-8-27)12-30-17-3-2-16(23)19-15(17)1-4-18(28)26-19/h2-3,9,11,29H,1,4-8,12H2,(H,26,28). The molecule has 156 valence electrons. The zero-order valence-corrected chi connectivity index (χ0v) is 16.1. The van der Waals surface area contributed by atoms with E-state index in [1.807, 2.05) is 11.0 Å². The van der Waals surface area contributed by atoms with Crippen LogP contribution in [0, 0.1) is 23.0 Å². The molecule has 1 aromatic carbocycles. The van der Waals surface area contributed by atoms with E-state index in [2.05, 4.69) is 10.3 Å². The SMILES string of the molecule is N#Cc1cc(F)cnc1N1CCC(O)(COc2ccc(F)c3c2CCC(=O)N3)CC1. The second-order valence-electron chi connectivity index (χ2n) is 7.58. The maximum Gasteiger partial charge on any atom is 0.224 e. The van der Waals surface area contributed by atoms with E-state index in [9.17, 15) is 23.9 Å². The molecule has 2 aliphatic rings. The second kappa shape index (κ2) is 7.88. The van der Waals surface area contributed by atoms with Gasteiger partial charge in [-0.2, -0.15) is 5.26 Å². The van der Waals surface area contributed by atoms with Gasteiger partial charge in [-0.25, -0.2) is 13.8 Å². The highest BCUT2D eigenvalue weighted by molar-refractivity contribution is 5.94. The molecule has 9 heteroatoms. The number of fused-ring (bicyclic) bond motifs is 1. The molecule has 0 spiro atoms. The van der Waals surface area contributed by atoms with Crippen molar-refractivity contribution in [3.63, 3.8) is 0 Å². The maximum absolute atomic E-state index is 14.0. The summed E-state index contributed by atoms with van der Waals surface area (Å²) in [5.41, 5.74) is -0.235. The number of pyridine rings is 1. The van der Waals surface area contributed by atoms with Gasteiger partial charge in [0.25, 0.3) is 0 Å². The van der Waals surface area contributed by atoms with E-state index in [-0.39, 0.29) is 30.2 Å².